The molecule has 2 aromatic rings. The Morgan fingerprint density at radius 2 is 2.10 bits per heavy atom. The maximum Gasteiger partial charge on any atom is 0.407 e. The fourth-order valence-corrected chi connectivity index (χ4v) is 4.13. The van der Waals surface area contributed by atoms with Gasteiger partial charge in [0, 0.05) is 25.2 Å². The standard InChI is InChI=1S/C20H18ClFN2O6/c1-29-14-7-11(15-12(22)3-2-4-13(15)25)17(21)18-16(14)19(26)24-6-5-23(20(27)28)8-10(24)9-30-18/h2-4,7,10,25H,5-6,8-9H2,1H3,(H,27,28)/t10-/m1/s1. The van der Waals surface area contributed by atoms with Gasteiger partial charge in [-0.15, -0.1) is 0 Å². The summed E-state index contributed by atoms with van der Waals surface area (Å²) in [6, 6.07) is 4.72. The number of hydrogen-bond acceptors (Lipinski definition) is 5. The van der Waals surface area contributed by atoms with E-state index < -0.39 is 23.9 Å². The van der Waals surface area contributed by atoms with Crippen molar-refractivity contribution >= 4 is 23.6 Å². The lowest BCUT2D eigenvalue weighted by atomic mass is 9.99. The highest BCUT2D eigenvalue weighted by Crippen LogP contribution is 2.47. The number of carbonyl (C=O) groups is 2. The molecule has 4 rings (SSSR count). The van der Waals surface area contributed by atoms with Gasteiger partial charge in [0.1, 0.15) is 29.5 Å². The zero-order chi connectivity index (χ0) is 21.6. The Morgan fingerprint density at radius 3 is 2.77 bits per heavy atom. The predicted octanol–water partition coefficient (Wildman–Crippen LogP) is 3.06. The summed E-state index contributed by atoms with van der Waals surface area (Å²) in [6.07, 6.45) is -1.07. The second-order valence-electron chi connectivity index (χ2n) is 6.97. The van der Waals surface area contributed by atoms with E-state index in [1.54, 1.807) is 0 Å². The second kappa shape index (κ2) is 7.56. The monoisotopic (exact) mass is 436 g/mol. The van der Waals surface area contributed by atoms with Gasteiger partial charge in [-0.05, 0) is 18.2 Å². The molecule has 2 aliphatic rings. The van der Waals surface area contributed by atoms with Gasteiger partial charge in [0.15, 0.2) is 5.75 Å². The number of piperazine rings is 1. The Balaban J connectivity index is 1.84. The van der Waals surface area contributed by atoms with Crippen LogP contribution in [0, 0.1) is 5.82 Å². The first-order valence-corrected chi connectivity index (χ1v) is 9.51. The first-order valence-electron chi connectivity index (χ1n) is 9.13. The van der Waals surface area contributed by atoms with Gasteiger partial charge in [0.2, 0.25) is 0 Å². The lowest BCUT2D eigenvalue weighted by molar-refractivity contribution is 0.0389. The van der Waals surface area contributed by atoms with Crippen LogP contribution in [0.15, 0.2) is 24.3 Å². The van der Waals surface area contributed by atoms with Gasteiger partial charge in [-0.3, -0.25) is 4.79 Å². The van der Waals surface area contributed by atoms with Crippen molar-refractivity contribution in [2.75, 3.05) is 33.4 Å². The number of ether oxygens (including phenoxy) is 2. The Bertz CT molecular complexity index is 1030. The number of nitrogens with zero attached hydrogens (tertiary/aromatic N) is 2. The van der Waals surface area contributed by atoms with Gasteiger partial charge in [-0.1, -0.05) is 17.7 Å². The number of rotatable bonds is 2. The third-order valence-corrected chi connectivity index (χ3v) is 5.69. The van der Waals surface area contributed by atoms with Crippen LogP contribution in [0.25, 0.3) is 11.1 Å². The van der Waals surface area contributed by atoms with Crippen molar-refractivity contribution in [3.8, 4) is 28.4 Å². The number of fused-ring (bicyclic) bond motifs is 2. The number of halogens is 2. The Kier molecular flexibility index (Phi) is 5.07. The molecule has 2 N–H and O–H groups in total. The highest BCUT2D eigenvalue weighted by atomic mass is 35.5. The van der Waals surface area contributed by atoms with Crippen LogP contribution in [0.2, 0.25) is 5.02 Å². The molecule has 0 aliphatic carbocycles. The fourth-order valence-electron chi connectivity index (χ4n) is 3.83. The van der Waals surface area contributed by atoms with Crippen molar-refractivity contribution < 1.29 is 33.7 Å². The number of amides is 2. The number of phenolic OH excluding ortho intramolecular Hbond substituents is 1. The molecule has 2 aliphatic heterocycles. The summed E-state index contributed by atoms with van der Waals surface area (Å²) in [6.45, 7) is 0.452. The lowest BCUT2D eigenvalue weighted by Gasteiger charge is -2.38. The average molecular weight is 437 g/mol. The molecule has 158 valence electrons. The minimum atomic E-state index is -1.07. The molecule has 30 heavy (non-hydrogen) atoms. The van der Waals surface area contributed by atoms with Crippen molar-refractivity contribution in [2.45, 2.75) is 6.04 Å². The maximum atomic E-state index is 14.5. The fraction of sp³-hybridized carbons (Fsp3) is 0.300. The van der Waals surface area contributed by atoms with Crippen LogP contribution in [0.1, 0.15) is 10.4 Å². The molecule has 0 aromatic heterocycles. The van der Waals surface area contributed by atoms with Crippen LogP contribution in [0.5, 0.6) is 17.2 Å². The molecule has 0 spiro atoms. The van der Waals surface area contributed by atoms with Crippen molar-refractivity contribution in [1.29, 1.82) is 0 Å². The lowest BCUT2D eigenvalue weighted by Crippen LogP contribution is -2.57. The Morgan fingerprint density at radius 1 is 1.33 bits per heavy atom. The van der Waals surface area contributed by atoms with E-state index in [1.807, 2.05) is 0 Å². The van der Waals surface area contributed by atoms with E-state index >= 15 is 0 Å². The summed E-state index contributed by atoms with van der Waals surface area (Å²) in [5.74, 6) is -1.32. The SMILES string of the molecule is COc1cc(-c2c(O)cccc2F)c(Cl)c2c1C(=O)N1CCN(C(=O)O)C[C@@H]1CO2. The molecule has 0 bridgehead atoms. The third kappa shape index (κ3) is 3.15. The quantitative estimate of drug-likeness (QED) is 0.750. The predicted molar refractivity (Wildman–Crippen MR) is 105 cm³/mol. The van der Waals surface area contributed by atoms with E-state index in [4.69, 9.17) is 21.1 Å². The number of phenols is 1. The molecule has 0 saturated carbocycles. The molecule has 8 nitrogen and oxygen atoms in total. The Labute approximate surface area is 176 Å². The molecule has 0 radical (unpaired) electrons. The summed E-state index contributed by atoms with van der Waals surface area (Å²) < 4.78 is 25.7. The molecule has 2 heterocycles. The van der Waals surface area contributed by atoms with Crippen molar-refractivity contribution in [3.63, 3.8) is 0 Å². The normalized spacial score (nSPS) is 18.2. The van der Waals surface area contributed by atoms with Crippen molar-refractivity contribution in [1.82, 2.24) is 9.80 Å². The minimum absolute atomic E-state index is 0.00188. The van der Waals surface area contributed by atoms with Gasteiger partial charge < -0.3 is 29.5 Å². The van der Waals surface area contributed by atoms with E-state index in [1.165, 1.54) is 41.2 Å². The number of carbonyl (C=O) groups excluding carboxylic acids is 1. The first kappa shape index (κ1) is 20.1. The largest absolute Gasteiger partial charge is 0.507 e. The molecule has 2 aromatic carbocycles. The number of carboxylic acid groups (broad SMARTS) is 1. The van der Waals surface area contributed by atoms with Crippen LogP contribution in [-0.4, -0.2) is 71.4 Å². The summed E-state index contributed by atoms with van der Waals surface area (Å²) >= 11 is 6.51. The molecule has 1 saturated heterocycles. The Hall–Kier alpha value is -3.20. The summed E-state index contributed by atoms with van der Waals surface area (Å²) in [5, 5.41) is 19.4. The molecule has 10 heteroatoms. The molecular formula is C20H18ClFN2O6. The van der Waals surface area contributed by atoms with E-state index in [-0.39, 0.29) is 65.2 Å². The molecule has 0 unspecified atom stereocenters. The van der Waals surface area contributed by atoms with Crippen LogP contribution >= 0.6 is 11.6 Å². The topological polar surface area (TPSA) is 99.5 Å². The van der Waals surface area contributed by atoms with Crippen LogP contribution < -0.4 is 9.47 Å². The van der Waals surface area contributed by atoms with E-state index in [9.17, 15) is 24.2 Å². The highest BCUT2D eigenvalue weighted by molar-refractivity contribution is 6.36. The van der Waals surface area contributed by atoms with E-state index in [0.717, 1.165) is 0 Å². The summed E-state index contributed by atoms with van der Waals surface area (Å²) in [7, 11) is 1.35. The van der Waals surface area contributed by atoms with Crippen LogP contribution in [0.3, 0.4) is 0 Å². The third-order valence-electron chi connectivity index (χ3n) is 5.31. The molecular weight excluding hydrogens is 419 g/mol. The van der Waals surface area contributed by atoms with E-state index in [2.05, 4.69) is 0 Å². The van der Waals surface area contributed by atoms with Gasteiger partial charge in [-0.2, -0.15) is 0 Å². The molecule has 1 atom stereocenters. The van der Waals surface area contributed by atoms with Gasteiger partial charge in [-0.25, -0.2) is 9.18 Å². The average Bonchev–Trinajstić information content (AvgIpc) is 2.86. The van der Waals surface area contributed by atoms with E-state index in [0.29, 0.717) is 0 Å². The van der Waals surface area contributed by atoms with Crippen LogP contribution in [-0.2, 0) is 0 Å². The smallest absolute Gasteiger partial charge is 0.407 e. The van der Waals surface area contributed by atoms with Crippen molar-refractivity contribution in [2.24, 2.45) is 0 Å². The van der Waals surface area contributed by atoms with Gasteiger partial charge in [0.05, 0.1) is 23.7 Å². The number of aromatic hydroxyl groups is 1. The molecule has 1 fully saturated rings. The number of hydrogen-bond donors (Lipinski definition) is 2. The summed E-state index contributed by atoms with van der Waals surface area (Å²) in [4.78, 5) is 27.3. The van der Waals surface area contributed by atoms with Gasteiger partial charge >= 0.3 is 6.09 Å². The summed E-state index contributed by atoms with van der Waals surface area (Å²) in [5.41, 5.74) is 0.0507. The zero-order valence-electron chi connectivity index (χ0n) is 15.9. The highest BCUT2D eigenvalue weighted by Gasteiger charge is 2.39. The maximum absolute atomic E-state index is 14.5. The first-order chi connectivity index (χ1) is 14.3. The molecule has 2 amide bonds. The van der Waals surface area contributed by atoms with Crippen LogP contribution in [0.4, 0.5) is 9.18 Å². The zero-order valence-corrected chi connectivity index (χ0v) is 16.6. The second-order valence-corrected chi connectivity index (χ2v) is 7.35. The van der Waals surface area contributed by atoms with Crippen molar-refractivity contribution in [3.05, 3.63) is 40.7 Å². The van der Waals surface area contributed by atoms with Gasteiger partial charge in [0.25, 0.3) is 5.91 Å². The minimum Gasteiger partial charge on any atom is -0.507 e. The number of benzene rings is 2. The number of methoxy groups -OCH3 is 1.